The van der Waals surface area contributed by atoms with E-state index in [2.05, 4.69) is 11.9 Å². The number of amides is 4. The van der Waals surface area contributed by atoms with Crippen LogP contribution in [0.3, 0.4) is 0 Å². The van der Waals surface area contributed by atoms with Crippen LogP contribution in [0.25, 0.3) is 0 Å². The predicted molar refractivity (Wildman–Crippen MR) is 144 cm³/mol. The molecule has 0 aliphatic carbocycles. The zero-order valence-electron chi connectivity index (χ0n) is 22.1. The molecule has 1 aromatic heterocycles. The first-order chi connectivity index (χ1) is 19.4. The average molecular weight is 546 g/mol. The number of benzene rings is 2. The highest BCUT2D eigenvalue weighted by molar-refractivity contribution is 5.91. The molecule has 2 aromatic carbocycles. The molecule has 2 saturated heterocycles. The number of aromatic hydroxyl groups is 1. The van der Waals surface area contributed by atoms with Crippen molar-refractivity contribution in [2.45, 2.75) is 31.7 Å². The Morgan fingerprint density at radius 2 is 1.85 bits per heavy atom. The van der Waals surface area contributed by atoms with Crippen LogP contribution in [0.1, 0.15) is 16.9 Å². The Morgan fingerprint density at radius 1 is 1.12 bits per heavy atom. The molecular formula is C29H31N5O6. The van der Waals surface area contributed by atoms with Gasteiger partial charge in [0.2, 0.25) is 11.8 Å². The summed E-state index contributed by atoms with van der Waals surface area (Å²) in [6.45, 7) is 4.19. The van der Waals surface area contributed by atoms with Crippen molar-refractivity contribution in [1.29, 1.82) is 0 Å². The standard InChI is InChI=1S/C29H31N5O6/c1-3-32-19-27(36)33-25(15-20-6-10-22(35)11-7-20)28(37)31(17-24-5-4-14-40-24)18-26(33)34(32)29(38)30-16-21-8-12-23(39-2)13-9-21/h3-14,25-26,35H,1,15-19H2,2H3,(H,30,38)/t25-,26-/m0/s1. The molecule has 0 spiro atoms. The van der Waals surface area contributed by atoms with Gasteiger partial charge in [-0.15, -0.1) is 0 Å². The molecule has 0 radical (unpaired) electrons. The fourth-order valence-electron chi connectivity index (χ4n) is 5.10. The van der Waals surface area contributed by atoms with E-state index < -0.39 is 18.2 Å². The number of nitrogens with one attached hydrogen (secondary N) is 1. The van der Waals surface area contributed by atoms with Gasteiger partial charge in [0, 0.05) is 19.2 Å². The zero-order valence-corrected chi connectivity index (χ0v) is 22.1. The Hall–Kier alpha value is -4.93. The van der Waals surface area contributed by atoms with Crippen molar-refractivity contribution in [1.82, 2.24) is 25.1 Å². The van der Waals surface area contributed by atoms with Crippen molar-refractivity contribution in [3.05, 3.63) is 96.6 Å². The molecule has 208 valence electrons. The third-order valence-corrected chi connectivity index (χ3v) is 7.10. The van der Waals surface area contributed by atoms with Crippen molar-refractivity contribution in [3.8, 4) is 11.5 Å². The minimum absolute atomic E-state index is 0.0810. The number of phenolic OH excluding ortho intramolecular Hbond substituents is 1. The van der Waals surface area contributed by atoms with Crippen LogP contribution in [-0.4, -0.2) is 75.2 Å². The molecule has 2 atom stereocenters. The smallest absolute Gasteiger partial charge is 0.338 e. The largest absolute Gasteiger partial charge is 0.508 e. The normalized spacial score (nSPS) is 18.9. The molecule has 2 N–H and O–H groups in total. The average Bonchev–Trinajstić information content (AvgIpc) is 3.48. The number of carbonyl (C=O) groups is 3. The molecule has 2 aliphatic heterocycles. The van der Waals surface area contributed by atoms with E-state index in [1.54, 1.807) is 36.3 Å². The molecule has 3 heterocycles. The number of ether oxygens (including phenoxy) is 1. The minimum Gasteiger partial charge on any atom is -0.508 e. The van der Waals surface area contributed by atoms with Crippen LogP contribution < -0.4 is 10.1 Å². The highest BCUT2D eigenvalue weighted by Crippen LogP contribution is 2.29. The van der Waals surface area contributed by atoms with Gasteiger partial charge >= 0.3 is 6.03 Å². The first-order valence-corrected chi connectivity index (χ1v) is 12.9. The Labute approximate surface area is 231 Å². The molecule has 0 bridgehead atoms. The molecule has 40 heavy (non-hydrogen) atoms. The number of furan rings is 1. The van der Waals surface area contributed by atoms with Crippen molar-refractivity contribution < 1.29 is 28.6 Å². The molecule has 2 fully saturated rings. The fourth-order valence-corrected chi connectivity index (χ4v) is 5.10. The van der Waals surface area contributed by atoms with Gasteiger partial charge < -0.3 is 29.4 Å². The van der Waals surface area contributed by atoms with Crippen LogP contribution in [0.4, 0.5) is 4.79 Å². The van der Waals surface area contributed by atoms with E-state index >= 15 is 0 Å². The van der Waals surface area contributed by atoms with Gasteiger partial charge in [-0.05, 0) is 47.5 Å². The molecular weight excluding hydrogens is 514 g/mol. The van der Waals surface area contributed by atoms with Crippen LogP contribution in [0.5, 0.6) is 11.5 Å². The highest BCUT2D eigenvalue weighted by Gasteiger charge is 2.51. The summed E-state index contributed by atoms with van der Waals surface area (Å²) in [5.74, 6) is 0.856. The molecule has 5 rings (SSSR count). The lowest BCUT2D eigenvalue weighted by molar-refractivity contribution is -0.184. The van der Waals surface area contributed by atoms with E-state index in [4.69, 9.17) is 9.15 Å². The summed E-state index contributed by atoms with van der Waals surface area (Å²) in [4.78, 5) is 44.0. The molecule has 3 aromatic rings. The van der Waals surface area contributed by atoms with Gasteiger partial charge in [0.05, 0.1) is 26.5 Å². The summed E-state index contributed by atoms with van der Waals surface area (Å²) in [7, 11) is 1.59. The van der Waals surface area contributed by atoms with Crippen LogP contribution in [-0.2, 0) is 29.1 Å². The van der Waals surface area contributed by atoms with Crippen molar-refractivity contribution in [3.63, 3.8) is 0 Å². The maximum atomic E-state index is 13.8. The molecule has 11 heteroatoms. The van der Waals surface area contributed by atoms with E-state index in [0.717, 1.165) is 11.1 Å². The number of phenols is 1. The maximum absolute atomic E-state index is 13.8. The molecule has 0 saturated carbocycles. The second-order valence-electron chi connectivity index (χ2n) is 9.60. The number of hydrogen-bond donors (Lipinski definition) is 2. The minimum atomic E-state index is -0.866. The second-order valence-corrected chi connectivity index (χ2v) is 9.60. The zero-order chi connectivity index (χ0) is 28.2. The van der Waals surface area contributed by atoms with Crippen molar-refractivity contribution >= 4 is 17.8 Å². The van der Waals surface area contributed by atoms with E-state index in [0.29, 0.717) is 11.5 Å². The summed E-state index contributed by atoms with van der Waals surface area (Å²) in [5.41, 5.74) is 1.64. The third kappa shape index (κ3) is 5.44. The van der Waals surface area contributed by atoms with Crippen LogP contribution in [0.15, 0.2) is 84.1 Å². The number of fused-ring (bicyclic) bond motifs is 1. The highest BCUT2D eigenvalue weighted by atomic mass is 16.5. The van der Waals surface area contributed by atoms with E-state index in [-0.39, 0.29) is 50.2 Å². The molecule has 4 amide bonds. The number of carbonyl (C=O) groups excluding carboxylic acids is 3. The molecule has 0 unspecified atom stereocenters. The number of hydrogen-bond acceptors (Lipinski definition) is 7. The van der Waals surface area contributed by atoms with Crippen LogP contribution in [0, 0.1) is 0 Å². The Balaban J connectivity index is 1.44. The SMILES string of the molecule is C=CN1CC(=O)N2[C@@H](Cc3ccc(O)cc3)C(=O)N(Cc3ccco3)C[C@@H]2N1C(=O)NCc1ccc(OC)cc1. The summed E-state index contributed by atoms with van der Waals surface area (Å²) >= 11 is 0. The number of piperazine rings is 1. The number of urea groups is 1. The van der Waals surface area contributed by atoms with E-state index in [1.807, 2.05) is 24.3 Å². The Bertz CT molecular complexity index is 1360. The van der Waals surface area contributed by atoms with Gasteiger partial charge in [0.1, 0.15) is 36.0 Å². The van der Waals surface area contributed by atoms with Crippen molar-refractivity contribution in [2.24, 2.45) is 0 Å². The van der Waals surface area contributed by atoms with Gasteiger partial charge in [-0.25, -0.2) is 9.80 Å². The summed E-state index contributed by atoms with van der Waals surface area (Å²) in [6, 6.07) is 16.1. The predicted octanol–water partition coefficient (Wildman–Crippen LogP) is 2.69. The maximum Gasteiger partial charge on any atom is 0.338 e. The topological polar surface area (TPSA) is 119 Å². The second kappa shape index (κ2) is 11.4. The lowest BCUT2D eigenvalue weighted by Gasteiger charge is -2.54. The molecule has 11 nitrogen and oxygen atoms in total. The third-order valence-electron chi connectivity index (χ3n) is 7.10. The summed E-state index contributed by atoms with van der Waals surface area (Å²) < 4.78 is 10.7. The fraction of sp³-hybridized carbons (Fsp3) is 0.276. The first kappa shape index (κ1) is 26.7. The van der Waals surface area contributed by atoms with E-state index in [9.17, 15) is 19.5 Å². The van der Waals surface area contributed by atoms with Gasteiger partial charge in [-0.2, -0.15) is 0 Å². The summed E-state index contributed by atoms with van der Waals surface area (Å²) in [6.07, 6.45) is 2.40. The Kier molecular flexibility index (Phi) is 7.63. The lowest BCUT2D eigenvalue weighted by atomic mass is 9.98. The number of nitrogens with zero attached hydrogens (tertiary/aromatic N) is 4. The molecule has 2 aliphatic rings. The van der Waals surface area contributed by atoms with Crippen LogP contribution in [0.2, 0.25) is 0 Å². The lowest BCUT2D eigenvalue weighted by Crippen LogP contribution is -2.75. The number of hydrazine groups is 1. The number of methoxy groups -OCH3 is 1. The van der Waals surface area contributed by atoms with Crippen molar-refractivity contribution in [2.75, 3.05) is 20.2 Å². The van der Waals surface area contributed by atoms with Gasteiger partial charge in [-0.1, -0.05) is 30.8 Å². The van der Waals surface area contributed by atoms with E-state index in [1.165, 1.54) is 39.5 Å². The Morgan fingerprint density at radius 3 is 2.50 bits per heavy atom. The monoisotopic (exact) mass is 545 g/mol. The summed E-state index contributed by atoms with van der Waals surface area (Å²) in [5, 5.41) is 15.6. The number of rotatable bonds is 8. The quantitative estimate of drug-likeness (QED) is 0.447. The first-order valence-electron chi connectivity index (χ1n) is 12.9. The van der Waals surface area contributed by atoms with Gasteiger partial charge in [0.15, 0.2) is 0 Å². The van der Waals surface area contributed by atoms with Gasteiger partial charge in [-0.3, -0.25) is 14.6 Å². The van der Waals surface area contributed by atoms with Gasteiger partial charge in [0.25, 0.3) is 0 Å². The van der Waals surface area contributed by atoms with Crippen LogP contribution >= 0.6 is 0 Å².